The highest BCUT2D eigenvalue weighted by Gasteiger charge is 2.32. The number of aromatic nitrogens is 2. The van der Waals surface area contributed by atoms with Crippen molar-refractivity contribution >= 4 is 28.5 Å². The van der Waals surface area contributed by atoms with Crippen molar-refractivity contribution in [2.24, 2.45) is 10.7 Å². The Balaban J connectivity index is 1.81. The van der Waals surface area contributed by atoms with E-state index < -0.39 is 24.1 Å². The third kappa shape index (κ3) is 4.33. The van der Waals surface area contributed by atoms with Gasteiger partial charge in [0.05, 0.1) is 17.9 Å². The normalized spacial score (nSPS) is 19.3. The van der Waals surface area contributed by atoms with Gasteiger partial charge in [-0.3, -0.25) is 9.79 Å². The minimum atomic E-state index is -1.04. The maximum atomic E-state index is 14.4. The number of rotatable bonds is 5. The van der Waals surface area contributed by atoms with Crippen molar-refractivity contribution in [3.05, 3.63) is 47.7 Å². The van der Waals surface area contributed by atoms with Crippen LogP contribution in [0.3, 0.4) is 0 Å². The molecule has 2 aromatic rings. The highest BCUT2D eigenvalue weighted by Crippen LogP contribution is 2.37. The summed E-state index contributed by atoms with van der Waals surface area (Å²) >= 11 is 1.42. The first kappa shape index (κ1) is 19.0. The van der Waals surface area contributed by atoms with Crippen molar-refractivity contribution in [2.45, 2.75) is 18.9 Å². The molecule has 1 aromatic heterocycles. The first-order valence-corrected chi connectivity index (χ1v) is 9.00. The van der Waals surface area contributed by atoms with Crippen molar-refractivity contribution in [1.82, 2.24) is 9.97 Å². The Labute approximate surface area is 158 Å². The number of nitrogens with zero attached hydrogens (tertiary/aromatic N) is 3. The van der Waals surface area contributed by atoms with Crippen molar-refractivity contribution in [1.29, 1.82) is 0 Å². The van der Waals surface area contributed by atoms with Gasteiger partial charge in [-0.25, -0.2) is 18.7 Å². The summed E-state index contributed by atoms with van der Waals surface area (Å²) in [4.78, 5) is 24.3. The third-order valence-corrected chi connectivity index (χ3v) is 4.86. The number of aliphatic imine (C=N–C) groups is 1. The molecule has 1 aliphatic heterocycles. The highest BCUT2D eigenvalue weighted by molar-refractivity contribution is 8.13. The number of ether oxygens (including phenoxy) is 1. The zero-order valence-electron chi connectivity index (χ0n) is 14.4. The summed E-state index contributed by atoms with van der Waals surface area (Å²) in [6.45, 7) is 0.765. The van der Waals surface area contributed by atoms with Crippen LogP contribution < -0.4 is 15.8 Å². The van der Waals surface area contributed by atoms with Gasteiger partial charge in [-0.2, -0.15) is 0 Å². The summed E-state index contributed by atoms with van der Waals surface area (Å²) in [7, 11) is 0. The molecule has 0 saturated carbocycles. The molecular weight excluding hydrogens is 376 g/mol. The van der Waals surface area contributed by atoms with E-state index in [9.17, 15) is 13.6 Å². The number of nitrogens with two attached hydrogens (primary N) is 1. The van der Waals surface area contributed by atoms with Crippen LogP contribution in [0.15, 0.2) is 35.6 Å². The fraction of sp³-hybridized carbons (Fsp3) is 0.294. The molecule has 0 radical (unpaired) electrons. The van der Waals surface area contributed by atoms with E-state index in [1.165, 1.54) is 30.0 Å². The number of alkyl halides is 1. The molecule has 0 saturated heterocycles. The van der Waals surface area contributed by atoms with E-state index in [-0.39, 0.29) is 11.6 Å². The fourth-order valence-electron chi connectivity index (χ4n) is 2.66. The number of hydrogen-bond acceptors (Lipinski definition) is 7. The lowest BCUT2D eigenvalue weighted by atomic mass is 9.89. The number of carbonyl (C=O) groups excluding carboxylic acids is 1. The standard InChI is InChI=1S/C17H17F2N5O2S/c1-17(4-5-27-16(20)24-17)11-6-10(2-3-12(11)19)23-15(25)13-7-22-14(8-21-13)26-9-18/h2-3,6-8H,4-5,9H2,1H3,(H2,20,24)(H,23,25)/t17-/m0/s1. The second-order valence-electron chi connectivity index (χ2n) is 5.96. The number of nitrogens with one attached hydrogen (secondary N) is 1. The quantitative estimate of drug-likeness (QED) is 0.810. The van der Waals surface area contributed by atoms with E-state index in [0.29, 0.717) is 22.8 Å². The average molecular weight is 393 g/mol. The predicted molar refractivity (Wildman–Crippen MR) is 99.0 cm³/mol. The van der Waals surface area contributed by atoms with E-state index >= 15 is 0 Å². The Bertz CT molecular complexity index is 878. The molecule has 3 N–H and O–H groups in total. The monoisotopic (exact) mass is 393 g/mol. The number of amidine groups is 1. The molecule has 0 spiro atoms. The maximum Gasteiger partial charge on any atom is 0.275 e. The largest absolute Gasteiger partial charge is 0.445 e. The van der Waals surface area contributed by atoms with Gasteiger partial charge in [-0.05, 0) is 31.5 Å². The van der Waals surface area contributed by atoms with Gasteiger partial charge in [0.2, 0.25) is 12.7 Å². The molecule has 1 amide bonds. The Morgan fingerprint density at radius 1 is 1.41 bits per heavy atom. The van der Waals surface area contributed by atoms with Gasteiger partial charge in [-0.15, -0.1) is 0 Å². The number of anilines is 1. The average Bonchev–Trinajstić information content (AvgIpc) is 2.64. The van der Waals surface area contributed by atoms with Crippen molar-refractivity contribution in [3.63, 3.8) is 0 Å². The smallest absolute Gasteiger partial charge is 0.275 e. The van der Waals surface area contributed by atoms with Crippen LogP contribution in [0.25, 0.3) is 0 Å². The van der Waals surface area contributed by atoms with Gasteiger partial charge in [0.1, 0.15) is 11.5 Å². The topological polar surface area (TPSA) is 102 Å². The molecule has 1 aromatic carbocycles. The predicted octanol–water partition coefficient (Wildman–Crippen LogP) is 2.84. The van der Waals surface area contributed by atoms with E-state index in [2.05, 4.69) is 25.0 Å². The van der Waals surface area contributed by atoms with Gasteiger partial charge in [-0.1, -0.05) is 11.8 Å². The molecule has 2 heterocycles. The number of amides is 1. The van der Waals surface area contributed by atoms with Crippen molar-refractivity contribution < 1.29 is 18.3 Å². The molecule has 0 fully saturated rings. The number of thioether (sulfide) groups is 1. The van der Waals surface area contributed by atoms with Gasteiger partial charge in [0.25, 0.3) is 5.91 Å². The number of hydrogen-bond donors (Lipinski definition) is 2. The summed E-state index contributed by atoms with van der Waals surface area (Å²) in [5, 5.41) is 3.04. The fourth-order valence-corrected chi connectivity index (χ4v) is 3.63. The molecule has 27 heavy (non-hydrogen) atoms. The van der Waals surface area contributed by atoms with E-state index in [0.717, 1.165) is 18.1 Å². The molecule has 1 aliphatic rings. The van der Waals surface area contributed by atoms with Gasteiger partial charge in [0.15, 0.2) is 5.17 Å². The lowest BCUT2D eigenvalue weighted by Crippen LogP contribution is -2.29. The second kappa shape index (κ2) is 7.87. The summed E-state index contributed by atoms with van der Waals surface area (Å²) in [6.07, 6.45) is 2.92. The van der Waals surface area contributed by atoms with Crippen LogP contribution >= 0.6 is 11.8 Å². The first-order valence-electron chi connectivity index (χ1n) is 8.01. The molecule has 0 unspecified atom stereocenters. The highest BCUT2D eigenvalue weighted by atomic mass is 32.2. The van der Waals surface area contributed by atoms with E-state index in [4.69, 9.17) is 5.73 Å². The van der Waals surface area contributed by atoms with E-state index in [1.54, 1.807) is 6.92 Å². The summed E-state index contributed by atoms with van der Waals surface area (Å²) in [6, 6.07) is 4.25. The summed E-state index contributed by atoms with van der Waals surface area (Å²) in [5.41, 5.74) is 5.74. The molecule has 0 aliphatic carbocycles. The Hall–Kier alpha value is -2.75. The Morgan fingerprint density at radius 2 is 2.22 bits per heavy atom. The zero-order chi connectivity index (χ0) is 19.4. The molecule has 10 heteroatoms. The number of halogens is 2. The minimum absolute atomic E-state index is 0.00891. The van der Waals surface area contributed by atoms with Crippen LogP contribution in [0, 0.1) is 5.82 Å². The lowest BCUT2D eigenvalue weighted by Gasteiger charge is -2.30. The number of carbonyl (C=O) groups is 1. The Kier molecular flexibility index (Phi) is 5.54. The molecular formula is C17H17F2N5O2S. The van der Waals surface area contributed by atoms with Crippen molar-refractivity contribution in [2.75, 3.05) is 17.9 Å². The van der Waals surface area contributed by atoms with Crippen molar-refractivity contribution in [3.8, 4) is 5.88 Å². The van der Waals surface area contributed by atoms with Crippen LogP contribution in [0.4, 0.5) is 14.5 Å². The molecule has 1 atom stereocenters. The van der Waals surface area contributed by atoms with Crippen LogP contribution in [0.1, 0.15) is 29.4 Å². The SMILES string of the molecule is C[C@@]1(c2cc(NC(=O)c3cnc(OCF)cn3)ccc2F)CCSC(N)=N1. The summed E-state index contributed by atoms with van der Waals surface area (Å²) < 4.78 is 31.0. The molecule has 3 rings (SSSR count). The summed E-state index contributed by atoms with van der Waals surface area (Å²) in [5.74, 6) is -0.271. The van der Waals surface area contributed by atoms with Gasteiger partial charge < -0.3 is 15.8 Å². The number of benzene rings is 1. The lowest BCUT2D eigenvalue weighted by molar-refractivity contribution is 0.102. The van der Waals surface area contributed by atoms with Crippen LogP contribution in [-0.2, 0) is 5.54 Å². The maximum absolute atomic E-state index is 14.4. The minimum Gasteiger partial charge on any atom is -0.445 e. The van der Waals surface area contributed by atoms with Crippen LogP contribution in [0.5, 0.6) is 5.88 Å². The van der Waals surface area contributed by atoms with Gasteiger partial charge >= 0.3 is 0 Å². The molecule has 142 valence electrons. The van der Waals surface area contributed by atoms with E-state index in [1.807, 2.05) is 0 Å². The van der Waals surface area contributed by atoms with Gasteiger partial charge in [0, 0.05) is 17.0 Å². The zero-order valence-corrected chi connectivity index (χ0v) is 15.2. The third-order valence-electron chi connectivity index (χ3n) is 4.06. The van der Waals surface area contributed by atoms with Crippen LogP contribution in [0.2, 0.25) is 0 Å². The van der Waals surface area contributed by atoms with Crippen LogP contribution in [-0.4, -0.2) is 33.7 Å². The molecule has 0 bridgehead atoms. The Morgan fingerprint density at radius 3 is 2.89 bits per heavy atom. The second-order valence-corrected chi connectivity index (χ2v) is 7.08. The molecule has 7 nitrogen and oxygen atoms in total. The first-order chi connectivity index (χ1) is 12.9.